The number of hydrogen-bond acceptors (Lipinski definition) is 4. The number of aromatic nitrogens is 1. The summed E-state index contributed by atoms with van der Waals surface area (Å²) in [4.78, 5) is 4.12. The van der Waals surface area contributed by atoms with Gasteiger partial charge in [0.15, 0.2) is 0 Å². The Kier molecular flexibility index (Phi) is 2.53. The van der Waals surface area contributed by atoms with Crippen molar-refractivity contribution >= 4 is 11.8 Å². The topological polar surface area (TPSA) is 59.1 Å². The van der Waals surface area contributed by atoms with Crippen LogP contribution < -0.4 is 5.73 Å². The summed E-state index contributed by atoms with van der Waals surface area (Å²) in [6.45, 7) is -0.0111. The minimum Gasteiger partial charge on any atom is -0.394 e. The number of nitrogens with two attached hydrogens (primary N) is 1. The molecule has 3 nitrogen and oxygen atoms in total. The smallest absolute Gasteiger partial charge is 0.0625 e. The average Bonchev–Trinajstić information content (AvgIpc) is 2.63. The molecule has 0 amide bonds. The molecule has 0 aliphatic carbocycles. The maximum absolute atomic E-state index is 8.96. The standard InChI is InChI=1S/C9H12N2OS/c10-9(3-12)7-2-11-1-6-4-13-5-8(6)7/h1-2,9,12H,3-5,10H2. The third kappa shape index (κ3) is 1.57. The Balaban J connectivity index is 2.41. The molecule has 1 atom stereocenters. The highest BCUT2D eigenvalue weighted by Gasteiger charge is 2.18. The van der Waals surface area contributed by atoms with Crippen LogP contribution in [0.25, 0.3) is 0 Å². The van der Waals surface area contributed by atoms with E-state index in [2.05, 4.69) is 4.98 Å². The Bertz CT molecular complexity index is 316. The molecule has 1 aromatic rings. The molecular weight excluding hydrogens is 184 g/mol. The number of aliphatic hydroxyl groups excluding tert-OH is 1. The fraction of sp³-hybridized carbons (Fsp3) is 0.444. The Morgan fingerprint density at radius 1 is 1.54 bits per heavy atom. The molecule has 1 aromatic heterocycles. The lowest BCUT2D eigenvalue weighted by atomic mass is 10.0. The van der Waals surface area contributed by atoms with Crippen LogP contribution in [0.3, 0.4) is 0 Å². The van der Waals surface area contributed by atoms with Gasteiger partial charge in [0.05, 0.1) is 12.6 Å². The molecule has 13 heavy (non-hydrogen) atoms. The summed E-state index contributed by atoms with van der Waals surface area (Å²) in [5, 5.41) is 8.96. The van der Waals surface area contributed by atoms with E-state index in [1.807, 2.05) is 18.0 Å². The molecule has 0 radical (unpaired) electrons. The molecular formula is C9H12N2OS. The molecule has 1 aliphatic rings. The summed E-state index contributed by atoms with van der Waals surface area (Å²) in [6, 6.07) is -0.277. The van der Waals surface area contributed by atoms with Crippen LogP contribution in [-0.2, 0) is 11.5 Å². The molecule has 1 aliphatic heterocycles. The zero-order chi connectivity index (χ0) is 9.26. The van der Waals surface area contributed by atoms with Crippen LogP contribution in [0.15, 0.2) is 12.4 Å². The molecule has 0 saturated heterocycles. The van der Waals surface area contributed by atoms with Crippen molar-refractivity contribution in [2.75, 3.05) is 6.61 Å². The molecule has 1 unspecified atom stereocenters. The van der Waals surface area contributed by atoms with Gasteiger partial charge in [-0.1, -0.05) is 0 Å². The van der Waals surface area contributed by atoms with Crippen molar-refractivity contribution in [2.24, 2.45) is 5.73 Å². The van der Waals surface area contributed by atoms with E-state index < -0.39 is 0 Å². The molecule has 70 valence electrons. The zero-order valence-electron chi connectivity index (χ0n) is 7.23. The van der Waals surface area contributed by atoms with Gasteiger partial charge in [0, 0.05) is 23.9 Å². The molecule has 4 heteroatoms. The van der Waals surface area contributed by atoms with Crippen LogP contribution in [0.5, 0.6) is 0 Å². The largest absolute Gasteiger partial charge is 0.394 e. The van der Waals surface area contributed by atoms with Gasteiger partial charge in [0.25, 0.3) is 0 Å². The Labute approximate surface area is 81.4 Å². The van der Waals surface area contributed by atoms with Crippen LogP contribution in [0.4, 0.5) is 0 Å². The normalized spacial score (nSPS) is 17.1. The molecule has 2 heterocycles. The maximum Gasteiger partial charge on any atom is 0.0625 e. The zero-order valence-corrected chi connectivity index (χ0v) is 8.05. The summed E-state index contributed by atoms with van der Waals surface area (Å²) in [7, 11) is 0. The molecule has 0 fully saturated rings. The lowest BCUT2D eigenvalue weighted by Gasteiger charge is -2.12. The van der Waals surface area contributed by atoms with Crippen molar-refractivity contribution < 1.29 is 5.11 Å². The second-order valence-electron chi connectivity index (χ2n) is 3.15. The summed E-state index contributed by atoms with van der Waals surface area (Å²) in [5.74, 6) is 2.02. The Morgan fingerprint density at radius 2 is 2.38 bits per heavy atom. The fourth-order valence-electron chi connectivity index (χ4n) is 1.53. The van der Waals surface area contributed by atoms with Gasteiger partial charge < -0.3 is 10.8 Å². The van der Waals surface area contributed by atoms with Crippen LogP contribution in [0.2, 0.25) is 0 Å². The summed E-state index contributed by atoms with van der Waals surface area (Å²) < 4.78 is 0. The van der Waals surface area contributed by atoms with E-state index in [0.29, 0.717) is 0 Å². The summed E-state index contributed by atoms with van der Waals surface area (Å²) in [6.07, 6.45) is 3.66. The van der Waals surface area contributed by atoms with Gasteiger partial charge in [0.1, 0.15) is 0 Å². The lowest BCUT2D eigenvalue weighted by molar-refractivity contribution is 0.267. The predicted molar refractivity (Wildman–Crippen MR) is 53.3 cm³/mol. The van der Waals surface area contributed by atoms with E-state index in [-0.39, 0.29) is 12.6 Å². The van der Waals surface area contributed by atoms with E-state index in [1.165, 1.54) is 11.1 Å². The summed E-state index contributed by atoms with van der Waals surface area (Å²) >= 11 is 1.87. The highest BCUT2D eigenvalue weighted by Crippen LogP contribution is 2.33. The Hall–Kier alpha value is -0.580. The van der Waals surface area contributed by atoms with Crippen LogP contribution in [0, 0.1) is 0 Å². The number of rotatable bonds is 2. The fourth-order valence-corrected chi connectivity index (χ4v) is 2.66. The van der Waals surface area contributed by atoms with Gasteiger partial charge >= 0.3 is 0 Å². The Morgan fingerprint density at radius 3 is 3.15 bits per heavy atom. The van der Waals surface area contributed by atoms with Crippen molar-refractivity contribution in [2.45, 2.75) is 17.5 Å². The lowest BCUT2D eigenvalue weighted by Crippen LogP contribution is -2.16. The maximum atomic E-state index is 8.96. The van der Waals surface area contributed by atoms with Gasteiger partial charge in [-0.25, -0.2) is 0 Å². The molecule has 3 N–H and O–H groups in total. The predicted octanol–water partition coefficient (Wildman–Crippen LogP) is 0.821. The molecule has 0 aromatic carbocycles. The number of thioether (sulfide) groups is 1. The van der Waals surface area contributed by atoms with Crippen molar-refractivity contribution in [1.29, 1.82) is 0 Å². The van der Waals surface area contributed by atoms with Crippen molar-refractivity contribution in [3.05, 3.63) is 29.1 Å². The van der Waals surface area contributed by atoms with Gasteiger partial charge in [-0.15, -0.1) is 0 Å². The monoisotopic (exact) mass is 196 g/mol. The first kappa shape index (κ1) is 8.99. The number of hydrogen-bond donors (Lipinski definition) is 2. The van der Waals surface area contributed by atoms with Gasteiger partial charge in [-0.3, -0.25) is 4.98 Å². The minimum absolute atomic E-state index is 0.0111. The second-order valence-corrected chi connectivity index (χ2v) is 4.13. The number of nitrogens with zero attached hydrogens (tertiary/aromatic N) is 1. The van der Waals surface area contributed by atoms with Crippen LogP contribution in [0.1, 0.15) is 22.7 Å². The van der Waals surface area contributed by atoms with Crippen molar-refractivity contribution in [3.63, 3.8) is 0 Å². The molecule has 0 spiro atoms. The highest BCUT2D eigenvalue weighted by atomic mass is 32.2. The summed E-state index contributed by atoms with van der Waals surface area (Å²) in [5.41, 5.74) is 9.32. The molecule has 0 saturated carbocycles. The molecule has 2 rings (SSSR count). The average molecular weight is 196 g/mol. The third-order valence-corrected chi connectivity index (χ3v) is 3.29. The van der Waals surface area contributed by atoms with E-state index in [1.54, 1.807) is 6.20 Å². The van der Waals surface area contributed by atoms with E-state index >= 15 is 0 Å². The van der Waals surface area contributed by atoms with Gasteiger partial charge in [-0.2, -0.15) is 11.8 Å². The number of aliphatic hydroxyl groups is 1. The van der Waals surface area contributed by atoms with E-state index in [9.17, 15) is 0 Å². The number of fused-ring (bicyclic) bond motifs is 1. The second kappa shape index (κ2) is 3.65. The van der Waals surface area contributed by atoms with Crippen molar-refractivity contribution in [3.8, 4) is 0 Å². The van der Waals surface area contributed by atoms with Gasteiger partial charge in [0.2, 0.25) is 0 Å². The highest BCUT2D eigenvalue weighted by molar-refractivity contribution is 7.98. The third-order valence-electron chi connectivity index (χ3n) is 2.28. The SMILES string of the molecule is NC(CO)c1cncc2c1CSC2. The first-order valence-corrected chi connectivity index (χ1v) is 5.38. The van der Waals surface area contributed by atoms with Gasteiger partial charge in [-0.05, 0) is 16.7 Å². The van der Waals surface area contributed by atoms with Crippen molar-refractivity contribution in [1.82, 2.24) is 4.98 Å². The van der Waals surface area contributed by atoms with E-state index in [0.717, 1.165) is 17.1 Å². The quantitative estimate of drug-likeness (QED) is 0.735. The van der Waals surface area contributed by atoms with Crippen LogP contribution >= 0.6 is 11.8 Å². The van der Waals surface area contributed by atoms with Crippen LogP contribution in [-0.4, -0.2) is 16.7 Å². The minimum atomic E-state index is -0.277. The number of pyridine rings is 1. The first-order valence-electron chi connectivity index (χ1n) is 4.22. The molecule has 0 bridgehead atoms. The first-order chi connectivity index (χ1) is 6.33. The van der Waals surface area contributed by atoms with E-state index in [4.69, 9.17) is 10.8 Å².